The SMILES string of the molecule is CCCCCCCCC=CCCCCCCCCC1(NC)CCCCC1. The lowest BCUT2D eigenvalue weighted by molar-refractivity contribution is 0.223. The van der Waals surface area contributed by atoms with Crippen LogP contribution in [0, 0.1) is 0 Å². The van der Waals surface area contributed by atoms with Gasteiger partial charge < -0.3 is 5.32 Å². The molecule has 0 aliphatic heterocycles. The molecule has 0 heterocycles. The molecule has 0 bridgehead atoms. The van der Waals surface area contributed by atoms with Crippen LogP contribution in [0.15, 0.2) is 12.2 Å². The molecule has 0 aromatic rings. The number of rotatable bonds is 17. The predicted octanol–water partition coefficient (Wildman–Crippen LogP) is 8.34. The molecule has 1 aliphatic carbocycles. The van der Waals surface area contributed by atoms with Crippen LogP contribution in [-0.2, 0) is 0 Å². The average molecular weight is 364 g/mol. The van der Waals surface area contributed by atoms with Gasteiger partial charge in [0.05, 0.1) is 0 Å². The summed E-state index contributed by atoms with van der Waals surface area (Å²) in [6.45, 7) is 2.29. The van der Waals surface area contributed by atoms with E-state index in [0.29, 0.717) is 5.54 Å². The van der Waals surface area contributed by atoms with E-state index in [4.69, 9.17) is 0 Å². The van der Waals surface area contributed by atoms with Crippen molar-refractivity contribution in [3.8, 4) is 0 Å². The van der Waals surface area contributed by atoms with Gasteiger partial charge in [0.25, 0.3) is 0 Å². The Hall–Kier alpha value is -0.300. The smallest absolute Gasteiger partial charge is 0.0178 e. The van der Waals surface area contributed by atoms with E-state index < -0.39 is 0 Å². The molecule has 0 saturated heterocycles. The van der Waals surface area contributed by atoms with Gasteiger partial charge >= 0.3 is 0 Å². The van der Waals surface area contributed by atoms with Crippen molar-refractivity contribution in [1.82, 2.24) is 5.32 Å². The van der Waals surface area contributed by atoms with Crippen LogP contribution in [0.1, 0.15) is 135 Å². The lowest BCUT2D eigenvalue weighted by Gasteiger charge is -2.37. The van der Waals surface area contributed by atoms with Crippen LogP contribution in [0.25, 0.3) is 0 Å². The van der Waals surface area contributed by atoms with E-state index in [2.05, 4.69) is 31.4 Å². The third kappa shape index (κ3) is 12.2. The van der Waals surface area contributed by atoms with E-state index in [9.17, 15) is 0 Å². The maximum Gasteiger partial charge on any atom is 0.0178 e. The van der Waals surface area contributed by atoms with E-state index >= 15 is 0 Å². The third-order valence-corrected chi connectivity index (χ3v) is 6.51. The second kappa shape index (κ2) is 16.8. The first kappa shape index (κ1) is 23.7. The Bertz CT molecular complexity index is 314. The monoisotopic (exact) mass is 363 g/mol. The van der Waals surface area contributed by atoms with Gasteiger partial charge in [-0.3, -0.25) is 0 Å². The van der Waals surface area contributed by atoms with Gasteiger partial charge in [0, 0.05) is 5.54 Å². The minimum absolute atomic E-state index is 0.499. The van der Waals surface area contributed by atoms with Gasteiger partial charge in [-0.25, -0.2) is 0 Å². The first-order chi connectivity index (χ1) is 12.8. The molecule has 1 nitrogen and oxygen atoms in total. The third-order valence-electron chi connectivity index (χ3n) is 6.51. The van der Waals surface area contributed by atoms with Crippen molar-refractivity contribution >= 4 is 0 Å². The molecular weight excluding hydrogens is 314 g/mol. The Labute approximate surface area is 165 Å². The molecule has 1 fully saturated rings. The fraction of sp³-hybridized carbons (Fsp3) is 0.920. The normalized spacial score (nSPS) is 17.2. The van der Waals surface area contributed by atoms with Crippen LogP contribution in [0.3, 0.4) is 0 Å². The molecule has 0 amide bonds. The number of unbranched alkanes of at least 4 members (excludes halogenated alkanes) is 12. The molecule has 1 N–H and O–H groups in total. The molecule has 0 spiro atoms. The van der Waals surface area contributed by atoms with Crippen LogP contribution in [0.5, 0.6) is 0 Å². The standard InChI is InChI=1S/C25H49N/c1-3-4-5-6-7-8-9-10-11-12-13-14-15-16-17-19-22-25(26-2)23-20-18-21-24-25/h10-11,26H,3-9,12-24H2,1-2H3. The highest BCUT2D eigenvalue weighted by Gasteiger charge is 2.29. The summed E-state index contributed by atoms with van der Waals surface area (Å²) in [6.07, 6.45) is 33.1. The van der Waals surface area contributed by atoms with Crippen molar-refractivity contribution < 1.29 is 0 Å². The fourth-order valence-corrected chi connectivity index (χ4v) is 4.56. The van der Waals surface area contributed by atoms with Crippen molar-refractivity contribution in [3.63, 3.8) is 0 Å². The molecule has 26 heavy (non-hydrogen) atoms. The Balaban J connectivity index is 1.82. The Morgan fingerprint density at radius 2 is 1.15 bits per heavy atom. The van der Waals surface area contributed by atoms with Crippen molar-refractivity contribution in [3.05, 3.63) is 12.2 Å². The second-order valence-electron chi connectivity index (χ2n) is 8.78. The number of hydrogen-bond acceptors (Lipinski definition) is 1. The highest BCUT2D eigenvalue weighted by atomic mass is 14.9. The highest BCUT2D eigenvalue weighted by molar-refractivity contribution is 4.89. The van der Waals surface area contributed by atoms with Crippen LogP contribution < -0.4 is 5.32 Å². The minimum atomic E-state index is 0.499. The molecule has 0 aromatic carbocycles. The molecule has 1 heteroatoms. The van der Waals surface area contributed by atoms with Gasteiger partial charge in [0.1, 0.15) is 0 Å². The molecule has 1 saturated carbocycles. The lowest BCUT2D eigenvalue weighted by Crippen LogP contribution is -2.44. The van der Waals surface area contributed by atoms with Crippen molar-refractivity contribution in [2.45, 2.75) is 141 Å². The molecule has 0 unspecified atom stereocenters. The largest absolute Gasteiger partial charge is 0.314 e. The van der Waals surface area contributed by atoms with Gasteiger partial charge in [0.2, 0.25) is 0 Å². The van der Waals surface area contributed by atoms with Crippen LogP contribution in [0.2, 0.25) is 0 Å². The Kier molecular flexibility index (Phi) is 15.4. The number of nitrogens with one attached hydrogen (secondary N) is 1. The minimum Gasteiger partial charge on any atom is -0.314 e. The lowest BCUT2D eigenvalue weighted by atomic mass is 9.78. The van der Waals surface area contributed by atoms with E-state index in [1.165, 1.54) is 128 Å². The van der Waals surface area contributed by atoms with Gasteiger partial charge in [-0.2, -0.15) is 0 Å². The molecule has 0 atom stereocenters. The molecule has 0 radical (unpaired) electrons. The topological polar surface area (TPSA) is 12.0 Å². The fourth-order valence-electron chi connectivity index (χ4n) is 4.56. The van der Waals surface area contributed by atoms with Gasteiger partial charge in [-0.05, 0) is 52.0 Å². The zero-order valence-corrected chi connectivity index (χ0v) is 18.3. The summed E-state index contributed by atoms with van der Waals surface area (Å²) in [7, 11) is 2.19. The molecule has 154 valence electrons. The maximum atomic E-state index is 3.66. The van der Waals surface area contributed by atoms with Gasteiger partial charge in [-0.1, -0.05) is 103 Å². The second-order valence-corrected chi connectivity index (χ2v) is 8.78. The van der Waals surface area contributed by atoms with Crippen LogP contribution in [-0.4, -0.2) is 12.6 Å². The summed E-state index contributed by atoms with van der Waals surface area (Å²) in [5, 5.41) is 3.66. The zero-order valence-electron chi connectivity index (χ0n) is 18.3. The average Bonchev–Trinajstić information content (AvgIpc) is 2.68. The quantitative estimate of drug-likeness (QED) is 0.202. The summed E-state index contributed by atoms with van der Waals surface area (Å²) >= 11 is 0. The first-order valence-electron chi connectivity index (χ1n) is 12.2. The zero-order chi connectivity index (χ0) is 18.8. The molecule has 0 aromatic heterocycles. The predicted molar refractivity (Wildman–Crippen MR) is 119 cm³/mol. The van der Waals surface area contributed by atoms with Crippen LogP contribution in [0.4, 0.5) is 0 Å². The Morgan fingerprint density at radius 3 is 1.69 bits per heavy atom. The highest BCUT2D eigenvalue weighted by Crippen LogP contribution is 2.32. The summed E-state index contributed by atoms with van der Waals surface area (Å²) in [5.74, 6) is 0. The van der Waals surface area contributed by atoms with Crippen molar-refractivity contribution in [2.24, 2.45) is 0 Å². The molecule has 1 rings (SSSR count). The van der Waals surface area contributed by atoms with E-state index in [-0.39, 0.29) is 0 Å². The van der Waals surface area contributed by atoms with Crippen molar-refractivity contribution in [2.75, 3.05) is 7.05 Å². The molecular formula is C25H49N. The summed E-state index contributed by atoms with van der Waals surface area (Å²) in [4.78, 5) is 0. The molecule has 1 aliphatic rings. The van der Waals surface area contributed by atoms with Crippen LogP contribution >= 0.6 is 0 Å². The number of allylic oxidation sites excluding steroid dienone is 2. The summed E-state index contributed by atoms with van der Waals surface area (Å²) < 4.78 is 0. The van der Waals surface area contributed by atoms with Gasteiger partial charge in [0.15, 0.2) is 0 Å². The Morgan fingerprint density at radius 1 is 0.654 bits per heavy atom. The van der Waals surface area contributed by atoms with E-state index in [1.54, 1.807) is 0 Å². The summed E-state index contributed by atoms with van der Waals surface area (Å²) in [5.41, 5.74) is 0.499. The van der Waals surface area contributed by atoms with E-state index in [1.807, 2.05) is 0 Å². The maximum absolute atomic E-state index is 3.66. The number of hydrogen-bond donors (Lipinski definition) is 1. The first-order valence-corrected chi connectivity index (χ1v) is 12.2. The summed E-state index contributed by atoms with van der Waals surface area (Å²) in [6, 6.07) is 0. The van der Waals surface area contributed by atoms with Gasteiger partial charge in [-0.15, -0.1) is 0 Å². The van der Waals surface area contributed by atoms with E-state index in [0.717, 1.165) is 0 Å². The van der Waals surface area contributed by atoms with Crippen molar-refractivity contribution in [1.29, 1.82) is 0 Å².